The molecule has 0 saturated carbocycles. The summed E-state index contributed by atoms with van der Waals surface area (Å²) in [6.07, 6.45) is 0.975. The molecule has 1 aliphatic rings. The second kappa shape index (κ2) is 7.25. The van der Waals surface area contributed by atoms with Crippen LogP contribution < -0.4 is 15.4 Å². The molecule has 7 nitrogen and oxygen atoms in total. The van der Waals surface area contributed by atoms with Gasteiger partial charge in [0.2, 0.25) is 5.95 Å². The number of para-hydroxylation sites is 2. The van der Waals surface area contributed by atoms with Crippen LogP contribution >= 0.6 is 0 Å². The Bertz CT molecular complexity index is 1170. The Morgan fingerprint density at radius 1 is 1.10 bits per heavy atom. The van der Waals surface area contributed by atoms with Crippen LogP contribution in [0.25, 0.3) is 27.9 Å². The van der Waals surface area contributed by atoms with E-state index in [1.54, 1.807) is 22.7 Å². The molecule has 4 aromatic rings. The fourth-order valence-electron chi connectivity index (χ4n) is 3.57. The number of anilines is 1. The van der Waals surface area contributed by atoms with Crippen molar-refractivity contribution in [2.75, 3.05) is 18.4 Å². The van der Waals surface area contributed by atoms with E-state index in [0.29, 0.717) is 23.0 Å². The van der Waals surface area contributed by atoms with Crippen LogP contribution in [0.15, 0.2) is 48.5 Å². The molecule has 29 heavy (non-hydrogen) atoms. The van der Waals surface area contributed by atoms with Crippen molar-refractivity contribution in [1.82, 2.24) is 24.9 Å². The van der Waals surface area contributed by atoms with Gasteiger partial charge in [-0.15, -0.1) is 5.10 Å². The Balaban J connectivity index is 1.68. The Kier molecular flexibility index (Phi) is 4.44. The third kappa shape index (κ3) is 3.33. The van der Waals surface area contributed by atoms with E-state index in [1.807, 2.05) is 24.3 Å². The molecule has 2 aromatic carbocycles. The minimum absolute atomic E-state index is 0.0326. The number of rotatable bonds is 5. The lowest BCUT2D eigenvalue weighted by Gasteiger charge is -2.13. The molecule has 2 aromatic heterocycles. The maximum Gasteiger partial charge on any atom is 0.387 e. The van der Waals surface area contributed by atoms with Crippen molar-refractivity contribution < 1.29 is 13.5 Å². The zero-order valence-electron chi connectivity index (χ0n) is 15.3. The van der Waals surface area contributed by atoms with Crippen molar-refractivity contribution in [1.29, 1.82) is 0 Å². The summed E-state index contributed by atoms with van der Waals surface area (Å²) in [5.41, 5.74) is 1.78. The molecule has 0 bridgehead atoms. The van der Waals surface area contributed by atoms with Crippen LogP contribution in [0.5, 0.6) is 5.75 Å². The predicted octanol–water partition coefficient (Wildman–Crippen LogP) is 3.32. The predicted molar refractivity (Wildman–Crippen MR) is 105 cm³/mol. The summed E-state index contributed by atoms with van der Waals surface area (Å²) < 4.78 is 31.9. The number of alkyl halides is 2. The fourth-order valence-corrected chi connectivity index (χ4v) is 3.57. The molecule has 0 aliphatic carbocycles. The molecule has 0 spiro atoms. The van der Waals surface area contributed by atoms with Gasteiger partial charge in [0.1, 0.15) is 5.75 Å². The van der Waals surface area contributed by atoms with Gasteiger partial charge in [-0.05, 0) is 37.2 Å². The van der Waals surface area contributed by atoms with Crippen molar-refractivity contribution in [2.24, 2.45) is 0 Å². The highest BCUT2D eigenvalue weighted by molar-refractivity contribution is 5.93. The Labute approximate surface area is 164 Å². The van der Waals surface area contributed by atoms with E-state index < -0.39 is 6.61 Å². The second-order valence-electron chi connectivity index (χ2n) is 6.83. The summed E-state index contributed by atoms with van der Waals surface area (Å²) in [6.45, 7) is -1.15. The molecule has 5 rings (SSSR count). The van der Waals surface area contributed by atoms with Crippen LogP contribution in [0.4, 0.5) is 14.7 Å². The maximum absolute atomic E-state index is 12.8. The number of hydrogen-bond acceptors (Lipinski definition) is 6. The number of nitrogens with zero attached hydrogens (tertiary/aromatic N) is 4. The zero-order chi connectivity index (χ0) is 19.8. The first-order valence-electron chi connectivity index (χ1n) is 9.36. The van der Waals surface area contributed by atoms with E-state index in [4.69, 9.17) is 4.98 Å². The van der Waals surface area contributed by atoms with Crippen molar-refractivity contribution in [2.45, 2.75) is 19.1 Å². The van der Waals surface area contributed by atoms with Gasteiger partial charge in [-0.1, -0.05) is 24.3 Å². The summed E-state index contributed by atoms with van der Waals surface area (Å²) in [6, 6.07) is 14.4. The molecule has 9 heteroatoms. The van der Waals surface area contributed by atoms with Gasteiger partial charge >= 0.3 is 6.61 Å². The molecular weight excluding hydrogens is 378 g/mol. The minimum Gasteiger partial charge on any atom is -0.434 e. The average Bonchev–Trinajstić information content (AvgIpc) is 3.38. The number of hydrogen-bond donors (Lipinski definition) is 2. The minimum atomic E-state index is -2.93. The lowest BCUT2D eigenvalue weighted by atomic mass is 10.2. The molecule has 148 valence electrons. The van der Waals surface area contributed by atoms with Gasteiger partial charge in [0.25, 0.3) is 0 Å². The average molecular weight is 396 g/mol. The molecule has 0 unspecified atom stereocenters. The van der Waals surface area contributed by atoms with Gasteiger partial charge in [0.15, 0.2) is 11.5 Å². The largest absolute Gasteiger partial charge is 0.434 e. The molecular formula is C20H18F2N6O. The van der Waals surface area contributed by atoms with Gasteiger partial charge in [-0.2, -0.15) is 13.3 Å². The van der Waals surface area contributed by atoms with Gasteiger partial charge in [-0.25, -0.2) is 9.97 Å². The normalized spacial score (nSPS) is 16.7. The first kappa shape index (κ1) is 17.7. The summed E-state index contributed by atoms with van der Waals surface area (Å²) in [4.78, 5) is 9.36. The summed E-state index contributed by atoms with van der Waals surface area (Å²) >= 11 is 0. The van der Waals surface area contributed by atoms with Crippen molar-refractivity contribution >= 4 is 22.5 Å². The van der Waals surface area contributed by atoms with Gasteiger partial charge < -0.3 is 15.4 Å². The van der Waals surface area contributed by atoms with Crippen molar-refractivity contribution in [3.63, 3.8) is 0 Å². The summed E-state index contributed by atoms with van der Waals surface area (Å²) in [5.74, 6) is 0.899. The van der Waals surface area contributed by atoms with E-state index in [1.165, 1.54) is 6.07 Å². The summed E-state index contributed by atoms with van der Waals surface area (Å²) in [7, 11) is 0. The number of aromatic nitrogens is 4. The van der Waals surface area contributed by atoms with Crippen LogP contribution in [-0.2, 0) is 0 Å². The lowest BCUT2D eigenvalue weighted by Crippen LogP contribution is -2.24. The summed E-state index contributed by atoms with van der Waals surface area (Å²) in [5, 5.41) is 12.1. The highest BCUT2D eigenvalue weighted by Crippen LogP contribution is 2.31. The zero-order valence-corrected chi connectivity index (χ0v) is 15.3. The van der Waals surface area contributed by atoms with Crippen LogP contribution in [-0.4, -0.2) is 45.3 Å². The molecule has 1 fully saturated rings. The number of fused-ring (bicyclic) bond motifs is 3. The highest BCUT2D eigenvalue weighted by atomic mass is 19.3. The smallest absolute Gasteiger partial charge is 0.387 e. The number of halogens is 2. The quantitative estimate of drug-likeness (QED) is 0.539. The highest BCUT2D eigenvalue weighted by Gasteiger charge is 2.21. The van der Waals surface area contributed by atoms with Gasteiger partial charge in [-0.3, -0.25) is 0 Å². The first-order valence-corrected chi connectivity index (χ1v) is 9.36. The standard InChI is InChI=1S/C20H18F2N6O/c21-19(22)29-16-8-4-2-6-14(16)17-26-18-13-5-1-3-7-15(13)25-20(28(18)27-17)24-12-9-10-23-11-12/h1-8,12,19,23H,9-11H2,(H,24,25)/t12-/m1/s1. The van der Waals surface area contributed by atoms with Gasteiger partial charge in [0.05, 0.1) is 11.1 Å². The van der Waals surface area contributed by atoms with Crippen LogP contribution in [0.3, 0.4) is 0 Å². The van der Waals surface area contributed by atoms with E-state index in [2.05, 4.69) is 25.5 Å². The number of nitrogens with one attached hydrogen (secondary N) is 2. The molecule has 0 amide bonds. The lowest BCUT2D eigenvalue weighted by molar-refractivity contribution is -0.0494. The van der Waals surface area contributed by atoms with E-state index in [9.17, 15) is 8.78 Å². The number of benzene rings is 2. The van der Waals surface area contributed by atoms with Crippen LogP contribution in [0.2, 0.25) is 0 Å². The molecule has 1 atom stereocenters. The van der Waals surface area contributed by atoms with Crippen LogP contribution in [0, 0.1) is 0 Å². The third-order valence-electron chi connectivity index (χ3n) is 4.92. The first-order chi connectivity index (χ1) is 14.2. The Morgan fingerprint density at radius 2 is 1.93 bits per heavy atom. The molecule has 1 saturated heterocycles. The maximum atomic E-state index is 12.8. The third-order valence-corrected chi connectivity index (χ3v) is 4.92. The van der Waals surface area contributed by atoms with E-state index in [-0.39, 0.29) is 11.8 Å². The van der Waals surface area contributed by atoms with E-state index >= 15 is 0 Å². The van der Waals surface area contributed by atoms with Gasteiger partial charge in [0, 0.05) is 18.0 Å². The van der Waals surface area contributed by atoms with Crippen molar-refractivity contribution in [3.8, 4) is 17.1 Å². The molecule has 2 N–H and O–H groups in total. The Hall–Kier alpha value is -3.33. The second-order valence-corrected chi connectivity index (χ2v) is 6.83. The Morgan fingerprint density at radius 3 is 2.76 bits per heavy atom. The number of ether oxygens (including phenoxy) is 1. The molecule has 3 heterocycles. The van der Waals surface area contributed by atoms with Crippen LogP contribution in [0.1, 0.15) is 6.42 Å². The SMILES string of the molecule is FC(F)Oc1ccccc1-c1nc2c3ccccc3nc(N[C@@H]3CCNC3)n2n1. The fraction of sp³-hybridized carbons (Fsp3) is 0.250. The topological polar surface area (TPSA) is 76.4 Å². The molecule has 1 aliphatic heterocycles. The van der Waals surface area contributed by atoms with E-state index in [0.717, 1.165) is 30.4 Å². The molecule has 0 radical (unpaired) electrons. The monoisotopic (exact) mass is 396 g/mol. The van der Waals surface area contributed by atoms with Crippen molar-refractivity contribution in [3.05, 3.63) is 48.5 Å².